The third-order valence-electron chi connectivity index (χ3n) is 5.79. The molecule has 166 valence electrons. The van der Waals surface area contributed by atoms with E-state index in [1.165, 1.54) is 12.1 Å². The van der Waals surface area contributed by atoms with Crippen LogP contribution >= 0.6 is 0 Å². The number of hydrogen-bond donors (Lipinski definition) is 3. The molecule has 1 aromatic carbocycles. The lowest BCUT2D eigenvalue weighted by molar-refractivity contribution is -0.263. The fourth-order valence-electron chi connectivity index (χ4n) is 3.52. The summed E-state index contributed by atoms with van der Waals surface area (Å²) in [5, 5.41) is 13.3. The molecule has 4 rings (SSSR count). The Hall–Kier alpha value is -2.72. The van der Waals surface area contributed by atoms with Crippen LogP contribution in [0.5, 0.6) is 5.75 Å². The number of aromatic nitrogens is 1. The molecule has 0 bridgehead atoms. The van der Waals surface area contributed by atoms with Gasteiger partial charge in [0.05, 0.1) is 5.69 Å². The smallest absolute Gasteiger partial charge is 0.424 e. The zero-order chi connectivity index (χ0) is 22.6. The molecule has 2 heterocycles. The minimum atomic E-state index is -5.12. The summed E-state index contributed by atoms with van der Waals surface area (Å²) in [7, 11) is 0. The third-order valence-corrected chi connectivity index (χ3v) is 5.79. The van der Waals surface area contributed by atoms with E-state index in [-0.39, 0.29) is 41.1 Å². The van der Waals surface area contributed by atoms with Gasteiger partial charge in [-0.15, -0.1) is 0 Å². The van der Waals surface area contributed by atoms with E-state index >= 15 is 0 Å². The molecule has 2 aromatic rings. The van der Waals surface area contributed by atoms with Crippen molar-refractivity contribution in [3.8, 4) is 17.0 Å². The number of ether oxygens (including phenoxy) is 1. The number of halogens is 4. The molecule has 2 aliphatic rings. The second-order valence-corrected chi connectivity index (χ2v) is 8.17. The molecule has 31 heavy (non-hydrogen) atoms. The standard InChI is InChI=1S/C21H21F4N3O3/c1-19(18(29)27-13-6-7-13)10-31-17-14(19)8-15(20(30,9-26)21(23,24)25)28-16(17)11-2-4-12(22)5-3-11/h2-5,8,13,30H,6-7,9-10,26H2,1H3,(H,27,29)/t19-,20-/m0/s1. The Bertz CT molecular complexity index is 1020. The highest BCUT2D eigenvalue weighted by Crippen LogP contribution is 2.48. The number of nitrogens with one attached hydrogen (secondary N) is 1. The van der Waals surface area contributed by atoms with E-state index in [0.717, 1.165) is 31.0 Å². The van der Waals surface area contributed by atoms with Crippen molar-refractivity contribution < 1.29 is 32.2 Å². The number of carbonyl (C=O) groups excluding carboxylic acids is 1. The van der Waals surface area contributed by atoms with Gasteiger partial charge in [-0.2, -0.15) is 13.2 Å². The number of aliphatic hydroxyl groups is 1. The number of fused-ring (bicyclic) bond motifs is 1. The summed E-state index contributed by atoms with van der Waals surface area (Å²) in [6, 6.07) is 5.98. The Morgan fingerprint density at radius 2 is 1.97 bits per heavy atom. The lowest BCUT2D eigenvalue weighted by Crippen LogP contribution is -2.49. The number of rotatable bonds is 5. The van der Waals surface area contributed by atoms with Crippen LogP contribution in [0.4, 0.5) is 17.6 Å². The maximum absolute atomic E-state index is 13.7. The van der Waals surface area contributed by atoms with Crippen molar-refractivity contribution in [2.24, 2.45) is 5.73 Å². The van der Waals surface area contributed by atoms with Crippen molar-refractivity contribution in [1.82, 2.24) is 10.3 Å². The van der Waals surface area contributed by atoms with E-state index in [9.17, 15) is 27.5 Å². The van der Waals surface area contributed by atoms with Crippen LogP contribution in [-0.2, 0) is 15.8 Å². The Balaban J connectivity index is 1.92. The number of pyridine rings is 1. The number of nitrogens with zero attached hydrogens (tertiary/aromatic N) is 1. The van der Waals surface area contributed by atoms with Crippen LogP contribution in [0.15, 0.2) is 30.3 Å². The van der Waals surface area contributed by atoms with E-state index in [2.05, 4.69) is 10.3 Å². The van der Waals surface area contributed by atoms with Gasteiger partial charge < -0.3 is 20.9 Å². The molecule has 4 N–H and O–H groups in total. The molecular weight excluding hydrogens is 418 g/mol. The quantitative estimate of drug-likeness (QED) is 0.622. The molecule has 1 saturated carbocycles. The van der Waals surface area contributed by atoms with E-state index in [1.807, 2.05) is 0 Å². The van der Waals surface area contributed by atoms with E-state index in [0.29, 0.717) is 0 Å². The first-order valence-corrected chi connectivity index (χ1v) is 9.74. The summed E-state index contributed by atoms with van der Waals surface area (Å²) >= 11 is 0. The number of carbonyl (C=O) groups is 1. The first-order chi connectivity index (χ1) is 14.5. The number of hydrogen-bond acceptors (Lipinski definition) is 5. The molecule has 0 spiro atoms. The average Bonchev–Trinajstić information content (AvgIpc) is 3.47. The molecule has 0 unspecified atom stereocenters. The van der Waals surface area contributed by atoms with Gasteiger partial charge in [0.2, 0.25) is 11.5 Å². The Morgan fingerprint density at radius 1 is 1.32 bits per heavy atom. The highest BCUT2D eigenvalue weighted by atomic mass is 19.4. The van der Waals surface area contributed by atoms with Crippen LogP contribution in [0.2, 0.25) is 0 Å². The van der Waals surface area contributed by atoms with Crippen LogP contribution < -0.4 is 15.8 Å². The maximum Gasteiger partial charge on any atom is 0.424 e. The zero-order valence-electron chi connectivity index (χ0n) is 16.6. The molecule has 1 aliphatic carbocycles. The van der Waals surface area contributed by atoms with Gasteiger partial charge in [0.25, 0.3) is 0 Å². The second-order valence-electron chi connectivity index (χ2n) is 8.17. The summed E-state index contributed by atoms with van der Waals surface area (Å²) < 4.78 is 60.3. The van der Waals surface area contributed by atoms with Crippen molar-refractivity contribution in [2.75, 3.05) is 13.2 Å². The largest absolute Gasteiger partial charge is 0.489 e. The third kappa shape index (κ3) is 3.53. The average molecular weight is 439 g/mol. The monoisotopic (exact) mass is 439 g/mol. The molecule has 0 saturated heterocycles. The van der Waals surface area contributed by atoms with Crippen molar-refractivity contribution in [3.63, 3.8) is 0 Å². The minimum Gasteiger partial charge on any atom is -0.489 e. The van der Waals surface area contributed by atoms with Crippen molar-refractivity contribution in [1.29, 1.82) is 0 Å². The summed E-state index contributed by atoms with van der Waals surface area (Å²) in [4.78, 5) is 17.0. The fourth-order valence-corrected chi connectivity index (χ4v) is 3.52. The van der Waals surface area contributed by atoms with Gasteiger partial charge in [0.1, 0.15) is 29.3 Å². The van der Waals surface area contributed by atoms with Gasteiger partial charge in [-0.1, -0.05) is 0 Å². The number of alkyl halides is 3. The predicted molar refractivity (Wildman–Crippen MR) is 103 cm³/mol. The van der Waals surface area contributed by atoms with E-state index in [4.69, 9.17) is 10.5 Å². The topological polar surface area (TPSA) is 97.5 Å². The predicted octanol–water partition coefficient (Wildman–Crippen LogP) is 2.53. The molecule has 1 fully saturated rings. The normalized spacial score (nSPS) is 22.4. The molecule has 1 aliphatic heterocycles. The Morgan fingerprint density at radius 3 is 2.52 bits per heavy atom. The Kier molecular flexibility index (Phi) is 4.97. The fraction of sp³-hybridized carbons (Fsp3) is 0.429. The van der Waals surface area contributed by atoms with Gasteiger partial charge >= 0.3 is 6.18 Å². The van der Waals surface area contributed by atoms with Crippen LogP contribution in [0.25, 0.3) is 11.3 Å². The van der Waals surface area contributed by atoms with E-state index < -0.39 is 35.2 Å². The molecule has 1 amide bonds. The lowest BCUT2D eigenvalue weighted by Gasteiger charge is -2.30. The highest BCUT2D eigenvalue weighted by Gasteiger charge is 2.57. The van der Waals surface area contributed by atoms with Crippen LogP contribution in [0.1, 0.15) is 31.0 Å². The van der Waals surface area contributed by atoms with Crippen LogP contribution in [0, 0.1) is 5.82 Å². The SMILES string of the molecule is C[C@]1(C(=O)NC2CC2)COc2c1cc([C@@](O)(CN)C(F)(F)F)nc2-c1ccc(F)cc1. The van der Waals surface area contributed by atoms with Crippen LogP contribution in [-0.4, -0.2) is 41.4 Å². The second kappa shape index (κ2) is 7.16. The molecule has 1 aromatic heterocycles. The first kappa shape index (κ1) is 21.5. The number of nitrogens with two attached hydrogens (primary N) is 1. The molecular formula is C21H21F4N3O3. The molecule has 0 radical (unpaired) electrons. The summed E-state index contributed by atoms with van der Waals surface area (Å²) in [6.45, 7) is 0.272. The van der Waals surface area contributed by atoms with Gasteiger partial charge in [0, 0.05) is 23.7 Å². The van der Waals surface area contributed by atoms with Gasteiger partial charge in [-0.05, 0) is 50.1 Å². The van der Waals surface area contributed by atoms with Gasteiger partial charge in [0.15, 0.2) is 0 Å². The molecule has 10 heteroatoms. The Labute approximate surface area is 175 Å². The van der Waals surface area contributed by atoms with Crippen molar-refractivity contribution in [3.05, 3.63) is 47.4 Å². The zero-order valence-corrected chi connectivity index (χ0v) is 16.6. The van der Waals surface area contributed by atoms with E-state index in [1.54, 1.807) is 6.92 Å². The summed E-state index contributed by atoms with van der Waals surface area (Å²) in [5.74, 6) is -0.815. The highest BCUT2D eigenvalue weighted by molar-refractivity contribution is 5.91. The minimum absolute atomic E-state index is 0.0300. The number of benzene rings is 1. The lowest BCUT2D eigenvalue weighted by atomic mass is 9.81. The van der Waals surface area contributed by atoms with Crippen molar-refractivity contribution in [2.45, 2.75) is 43.0 Å². The van der Waals surface area contributed by atoms with Crippen molar-refractivity contribution >= 4 is 5.91 Å². The maximum atomic E-state index is 13.7. The van der Waals surface area contributed by atoms with Gasteiger partial charge in [-0.3, -0.25) is 4.79 Å². The van der Waals surface area contributed by atoms with Gasteiger partial charge in [-0.25, -0.2) is 9.37 Å². The molecule has 2 atom stereocenters. The summed E-state index contributed by atoms with van der Waals surface area (Å²) in [6.07, 6.45) is -3.45. The summed E-state index contributed by atoms with van der Waals surface area (Å²) in [5.41, 5.74) is 0.214. The van der Waals surface area contributed by atoms with Crippen LogP contribution in [0.3, 0.4) is 0 Å². The first-order valence-electron chi connectivity index (χ1n) is 9.74. The molecule has 6 nitrogen and oxygen atoms in total. The number of amides is 1.